The van der Waals surface area contributed by atoms with E-state index in [4.69, 9.17) is 18.9 Å². The van der Waals surface area contributed by atoms with Crippen molar-refractivity contribution in [1.29, 1.82) is 0 Å². The number of nitrogens with one attached hydrogen (secondary N) is 1. The quantitative estimate of drug-likeness (QED) is 0.409. The van der Waals surface area contributed by atoms with Gasteiger partial charge in [0.2, 0.25) is 0 Å². The monoisotopic (exact) mass is 606 g/mol. The normalized spacial score (nSPS) is 15.6. The average Bonchev–Trinajstić information content (AvgIpc) is 3.01. The molecule has 0 spiro atoms. The molecule has 1 aromatic heterocycles. The topological polar surface area (TPSA) is 112 Å². The number of benzene rings is 2. The van der Waals surface area contributed by atoms with Crippen molar-refractivity contribution in [2.45, 2.75) is 58.3 Å². The zero-order valence-electron chi connectivity index (χ0n) is 26.2. The molecule has 0 unspecified atom stereocenters. The molecule has 3 heterocycles. The highest BCUT2D eigenvalue weighted by Gasteiger charge is 2.32. The van der Waals surface area contributed by atoms with Crippen molar-refractivity contribution in [2.75, 3.05) is 47.0 Å². The molecular weight excluding hydrogens is 564 g/mol. The van der Waals surface area contributed by atoms with Crippen LogP contribution in [0.25, 0.3) is 10.9 Å². The first kappa shape index (κ1) is 31.2. The van der Waals surface area contributed by atoms with Crippen LogP contribution in [0.5, 0.6) is 17.2 Å². The van der Waals surface area contributed by atoms with Gasteiger partial charge in [-0.05, 0) is 63.4 Å². The molecule has 44 heavy (non-hydrogen) atoms. The van der Waals surface area contributed by atoms with Gasteiger partial charge < -0.3 is 38.6 Å². The average molecular weight is 607 g/mol. The highest BCUT2D eigenvalue weighted by molar-refractivity contribution is 6.06. The minimum atomic E-state index is -0.616. The molecule has 2 aromatic carbocycles. The molecule has 11 nitrogen and oxygen atoms in total. The van der Waals surface area contributed by atoms with Gasteiger partial charge in [-0.1, -0.05) is 6.07 Å². The number of aromatic nitrogens is 1. The second-order valence-electron chi connectivity index (χ2n) is 12.2. The van der Waals surface area contributed by atoms with E-state index in [9.17, 15) is 14.4 Å². The van der Waals surface area contributed by atoms with Gasteiger partial charge in [0.1, 0.15) is 24.6 Å². The number of carbonyl (C=O) groups is 2. The van der Waals surface area contributed by atoms with Crippen LogP contribution in [0.15, 0.2) is 47.3 Å². The van der Waals surface area contributed by atoms with Crippen LogP contribution in [-0.4, -0.2) is 85.0 Å². The van der Waals surface area contributed by atoms with Crippen LogP contribution in [0.3, 0.4) is 0 Å². The lowest BCUT2D eigenvalue weighted by atomic mass is 10.0. The second kappa shape index (κ2) is 13.2. The molecule has 2 aliphatic heterocycles. The molecule has 1 fully saturated rings. The van der Waals surface area contributed by atoms with Gasteiger partial charge in [-0.25, -0.2) is 4.79 Å². The number of ether oxygens (including phenoxy) is 4. The molecule has 0 saturated carbocycles. The first-order valence-electron chi connectivity index (χ1n) is 15.1. The molecule has 5 rings (SSSR count). The van der Waals surface area contributed by atoms with Crippen molar-refractivity contribution >= 4 is 22.9 Å². The van der Waals surface area contributed by atoms with Crippen molar-refractivity contribution in [3.8, 4) is 17.2 Å². The number of likely N-dealkylation sites (tertiary alicyclic amines) is 1. The number of amides is 2. The lowest BCUT2D eigenvalue weighted by Crippen LogP contribution is -2.49. The summed E-state index contributed by atoms with van der Waals surface area (Å²) in [6.45, 7) is 9.66. The van der Waals surface area contributed by atoms with Crippen molar-refractivity contribution in [3.63, 3.8) is 0 Å². The lowest BCUT2D eigenvalue weighted by Gasteiger charge is -2.39. The molecule has 2 amide bonds. The predicted molar refractivity (Wildman–Crippen MR) is 167 cm³/mol. The number of hydrogen-bond acceptors (Lipinski definition) is 8. The van der Waals surface area contributed by atoms with E-state index in [0.29, 0.717) is 66.6 Å². The second-order valence-corrected chi connectivity index (χ2v) is 12.2. The Morgan fingerprint density at radius 2 is 1.73 bits per heavy atom. The van der Waals surface area contributed by atoms with Gasteiger partial charge in [-0.2, -0.15) is 0 Å². The van der Waals surface area contributed by atoms with Gasteiger partial charge in [-0.15, -0.1) is 0 Å². The third kappa shape index (κ3) is 7.10. The van der Waals surface area contributed by atoms with Gasteiger partial charge in [0.05, 0.1) is 18.2 Å². The standard InChI is InChI=1S/C33H42N4O7/c1-33(2,3)44-32(40)37(21-22-6-9-28-29(18-22)43-17-16-42-28)23-10-12-35(13-11-23)14-15-36-27-19-24(41-5)7-8-25(27)26(20-30(36)38)31(39)34-4/h6-9,18-20,23H,10-17,21H2,1-5H3,(H,34,39). The highest BCUT2D eigenvalue weighted by Crippen LogP contribution is 2.32. The van der Waals surface area contributed by atoms with E-state index in [1.54, 1.807) is 30.9 Å². The number of rotatable bonds is 8. The molecule has 0 atom stereocenters. The van der Waals surface area contributed by atoms with Crippen molar-refractivity contribution in [1.82, 2.24) is 19.7 Å². The van der Waals surface area contributed by atoms with Crippen LogP contribution < -0.4 is 25.1 Å². The lowest BCUT2D eigenvalue weighted by molar-refractivity contribution is 0.00562. The first-order valence-corrected chi connectivity index (χ1v) is 15.1. The van der Waals surface area contributed by atoms with Gasteiger partial charge in [-0.3, -0.25) is 9.59 Å². The summed E-state index contributed by atoms with van der Waals surface area (Å²) < 4.78 is 24.4. The zero-order valence-corrected chi connectivity index (χ0v) is 26.2. The maximum absolute atomic E-state index is 13.4. The molecule has 11 heteroatoms. The Bertz CT molecular complexity index is 1570. The first-order chi connectivity index (χ1) is 21.1. The fourth-order valence-electron chi connectivity index (χ4n) is 5.78. The van der Waals surface area contributed by atoms with Crippen LogP contribution in [0.1, 0.15) is 49.5 Å². The van der Waals surface area contributed by atoms with Crippen LogP contribution in [0.2, 0.25) is 0 Å². The molecule has 236 valence electrons. The largest absolute Gasteiger partial charge is 0.497 e. The minimum Gasteiger partial charge on any atom is -0.497 e. The maximum atomic E-state index is 13.4. The Morgan fingerprint density at radius 1 is 1.00 bits per heavy atom. The third-order valence-electron chi connectivity index (χ3n) is 8.02. The van der Waals surface area contributed by atoms with Crippen molar-refractivity contribution in [2.24, 2.45) is 0 Å². The van der Waals surface area contributed by atoms with Crippen molar-refractivity contribution in [3.05, 3.63) is 63.9 Å². The predicted octanol–water partition coefficient (Wildman–Crippen LogP) is 4.04. The number of fused-ring (bicyclic) bond motifs is 2. The number of hydrogen-bond donors (Lipinski definition) is 1. The minimum absolute atomic E-state index is 0.00560. The van der Waals surface area contributed by atoms with E-state index in [1.165, 1.54) is 6.07 Å². The van der Waals surface area contributed by atoms with E-state index >= 15 is 0 Å². The Morgan fingerprint density at radius 3 is 2.41 bits per heavy atom. The molecule has 0 bridgehead atoms. The molecule has 1 N–H and O–H groups in total. The molecule has 3 aromatic rings. The number of piperidine rings is 1. The zero-order chi connectivity index (χ0) is 31.4. The van der Waals surface area contributed by atoms with Crippen LogP contribution in [0.4, 0.5) is 4.79 Å². The summed E-state index contributed by atoms with van der Waals surface area (Å²) in [6.07, 6.45) is 1.19. The third-order valence-corrected chi connectivity index (χ3v) is 8.02. The Labute approximate surface area is 257 Å². The SMILES string of the molecule is CNC(=O)c1cc(=O)n(CCN2CCC(N(Cc3ccc4c(c3)OCCO4)C(=O)OC(C)(C)C)CC2)c2cc(OC)ccc12. The molecular formula is C33H42N4O7. The summed E-state index contributed by atoms with van der Waals surface area (Å²) in [5, 5.41) is 3.31. The van der Waals surface area contributed by atoms with Gasteiger partial charge in [0.25, 0.3) is 11.5 Å². The number of methoxy groups -OCH3 is 1. The van der Waals surface area contributed by atoms with Gasteiger partial charge in [0.15, 0.2) is 11.5 Å². The fraction of sp³-hybridized carbons (Fsp3) is 0.485. The summed E-state index contributed by atoms with van der Waals surface area (Å²) >= 11 is 0. The van der Waals surface area contributed by atoms with E-state index in [2.05, 4.69) is 10.2 Å². The summed E-state index contributed by atoms with van der Waals surface area (Å²) in [5.41, 5.74) is 1.09. The summed E-state index contributed by atoms with van der Waals surface area (Å²) in [5.74, 6) is 1.71. The van der Waals surface area contributed by atoms with Gasteiger partial charge in [0, 0.05) is 63.3 Å². The highest BCUT2D eigenvalue weighted by atomic mass is 16.6. The Kier molecular flexibility index (Phi) is 9.33. The Balaban J connectivity index is 1.29. The number of nitrogens with zero attached hydrogens (tertiary/aromatic N) is 3. The molecule has 0 aliphatic carbocycles. The molecule has 1 saturated heterocycles. The maximum Gasteiger partial charge on any atom is 0.410 e. The van der Waals surface area contributed by atoms with E-state index in [0.717, 1.165) is 31.5 Å². The van der Waals surface area contributed by atoms with Crippen molar-refractivity contribution < 1.29 is 28.5 Å². The number of carbonyl (C=O) groups excluding carboxylic acids is 2. The molecule has 0 radical (unpaired) electrons. The summed E-state index contributed by atoms with van der Waals surface area (Å²) in [7, 11) is 3.12. The smallest absolute Gasteiger partial charge is 0.410 e. The van der Waals surface area contributed by atoms with Gasteiger partial charge >= 0.3 is 6.09 Å². The van der Waals surface area contributed by atoms with E-state index in [-0.39, 0.29) is 23.6 Å². The number of pyridine rings is 1. The Hall–Kier alpha value is -4.25. The van der Waals surface area contributed by atoms with Crippen LogP contribution >= 0.6 is 0 Å². The fourth-order valence-corrected chi connectivity index (χ4v) is 5.78. The van der Waals surface area contributed by atoms with E-state index in [1.807, 2.05) is 49.9 Å². The van der Waals surface area contributed by atoms with Crippen LogP contribution in [0, 0.1) is 0 Å². The van der Waals surface area contributed by atoms with Crippen LogP contribution in [-0.2, 0) is 17.8 Å². The molecule has 2 aliphatic rings. The van der Waals surface area contributed by atoms with E-state index < -0.39 is 5.60 Å². The summed E-state index contributed by atoms with van der Waals surface area (Å²) in [6, 6.07) is 12.6. The summed E-state index contributed by atoms with van der Waals surface area (Å²) in [4.78, 5) is 43.2.